The Kier molecular flexibility index (Phi) is 25.6. The predicted octanol–water partition coefficient (Wildman–Crippen LogP) is 19.1. The molecule has 3 atom stereocenters. The lowest BCUT2D eigenvalue weighted by molar-refractivity contribution is -0.122. The van der Waals surface area contributed by atoms with Gasteiger partial charge in [-0.25, -0.2) is 4.79 Å². The van der Waals surface area contributed by atoms with Gasteiger partial charge < -0.3 is 54.6 Å². The summed E-state index contributed by atoms with van der Waals surface area (Å²) in [6, 6.07) is 63.6. The van der Waals surface area contributed by atoms with Crippen LogP contribution in [-0.2, 0) is 26.3 Å². The number of carbonyl (C=O) groups excluding carboxylic acids is 1. The molecule has 8 rings (SSSR count). The standard InChI is InChI=1S/C30H24O8P2.C19H21NO4.C18H38O3Si4/c31-39(33-25-14-5-1-6-15-25,34-26-16-7-2-8-17-26)37-29-22-13-23-30(24-29)38-40(32,35-27-18-9-3-10-19-27)36-28-20-11-4-12-21-28;1-4-16(24-17-9-8-12(2)10-13(17)3)18(21)20-15-7-5-6-14(11-15)19(22)23;1-17(18-14-12-11-13-15-18)16-25(10,20-23(5,6)7)21-24(8,9)19-22(2,3)4/h1-24H;5-11,16H,4H2,1-3H3,(H,20,21)(H,22,23);11-15,17H,16H2,1-10H3. The first-order valence-electron chi connectivity index (χ1n) is 29.2. The summed E-state index contributed by atoms with van der Waals surface area (Å²) in [5.74, 6) is 1.02. The number of ether oxygens (including phenoxy) is 1. The zero-order valence-electron chi connectivity index (χ0n) is 52.9. The second-order valence-electron chi connectivity index (χ2n) is 23.4. The minimum Gasteiger partial charge on any atom is -0.480 e. The van der Waals surface area contributed by atoms with Gasteiger partial charge in [0.05, 0.1) is 5.56 Å². The van der Waals surface area contributed by atoms with Crippen LogP contribution in [0.25, 0.3) is 0 Å². The predicted molar refractivity (Wildman–Crippen MR) is 363 cm³/mol. The lowest BCUT2D eigenvalue weighted by atomic mass is 10.0. The van der Waals surface area contributed by atoms with Crippen LogP contribution in [0.1, 0.15) is 53.2 Å². The van der Waals surface area contributed by atoms with E-state index in [9.17, 15) is 18.7 Å². The first-order chi connectivity index (χ1) is 42.0. The van der Waals surface area contributed by atoms with Gasteiger partial charge in [-0.3, -0.25) is 4.79 Å². The fraction of sp³-hybridized carbons (Fsp3) is 0.254. The molecule has 0 radical (unpaired) electrons. The Morgan fingerprint density at radius 3 is 1.29 bits per heavy atom. The largest absolute Gasteiger partial charge is 0.647 e. The van der Waals surface area contributed by atoms with Gasteiger partial charge in [0.2, 0.25) is 0 Å². The zero-order valence-corrected chi connectivity index (χ0v) is 58.7. The number of phosphoric ester groups is 2. The lowest BCUT2D eigenvalue weighted by Crippen LogP contribution is -2.57. The van der Waals surface area contributed by atoms with Crippen LogP contribution in [-0.4, -0.2) is 56.8 Å². The molecule has 1 amide bonds. The van der Waals surface area contributed by atoms with E-state index in [4.69, 9.17) is 49.3 Å². The van der Waals surface area contributed by atoms with Crippen molar-refractivity contribution in [3.8, 4) is 40.2 Å². The van der Waals surface area contributed by atoms with E-state index in [1.165, 1.54) is 35.9 Å². The Morgan fingerprint density at radius 2 is 0.888 bits per heavy atom. The number of hydrogen-bond acceptors (Lipinski definition) is 14. The van der Waals surface area contributed by atoms with E-state index in [2.05, 4.69) is 101 Å². The number of carbonyl (C=O) groups is 2. The third-order valence-electron chi connectivity index (χ3n) is 12.3. The number of aromatic carboxylic acids is 1. The highest BCUT2D eigenvalue weighted by Crippen LogP contribution is 2.53. The summed E-state index contributed by atoms with van der Waals surface area (Å²) in [4.78, 5) is 23.4. The third kappa shape index (κ3) is 25.1. The van der Waals surface area contributed by atoms with Crippen molar-refractivity contribution < 1.29 is 68.1 Å². The molecular formula is C67H83NO15P2Si4. The molecule has 22 heteroatoms. The van der Waals surface area contributed by atoms with Crippen molar-refractivity contribution in [1.82, 2.24) is 0 Å². The number of anilines is 1. The maximum atomic E-state index is 13.8. The summed E-state index contributed by atoms with van der Waals surface area (Å²) < 4.78 is 87.5. The van der Waals surface area contributed by atoms with Gasteiger partial charge in [0, 0.05) is 11.8 Å². The highest BCUT2D eigenvalue weighted by Gasteiger charge is 2.45. The summed E-state index contributed by atoms with van der Waals surface area (Å²) in [5.41, 5.74) is 4.00. The molecule has 16 nitrogen and oxygen atoms in total. The Bertz CT molecular complexity index is 3400. The number of phosphoric acid groups is 2. The fourth-order valence-corrected chi connectivity index (χ4v) is 30.1. The van der Waals surface area contributed by atoms with E-state index in [0.29, 0.717) is 23.8 Å². The van der Waals surface area contributed by atoms with Gasteiger partial charge in [-0.05, 0) is 187 Å². The number of amides is 1. The lowest BCUT2D eigenvalue weighted by Gasteiger charge is -2.42. The Balaban J connectivity index is 0.000000225. The Labute approximate surface area is 529 Å². The fourth-order valence-electron chi connectivity index (χ4n) is 9.25. The van der Waals surface area contributed by atoms with Crippen LogP contribution in [0.3, 0.4) is 0 Å². The van der Waals surface area contributed by atoms with Gasteiger partial charge in [-0.15, -0.1) is 0 Å². The maximum Gasteiger partial charge on any atom is 0.647 e. The molecule has 0 saturated carbocycles. The molecule has 3 unspecified atom stereocenters. The molecule has 0 saturated heterocycles. The van der Waals surface area contributed by atoms with E-state index in [-0.39, 0.29) is 46.0 Å². The number of nitrogens with one attached hydrogen (secondary N) is 1. The molecule has 0 aliphatic carbocycles. The molecule has 0 heterocycles. The van der Waals surface area contributed by atoms with Crippen molar-refractivity contribution in [3.05, 3.63) is 241 Å². The van der Waals surface area contributed by atoms with Crippen molar-refractivity contribution in [1.29, 1.82) is 0 Å². The highest BCUT2D eigenvalue weighted by atomic mass is 31.2. The van der Waals surface area contributed by atoms with Crippen molar-refractivity contribution >= 4 is 67.0 Å². The Morgan fingerprint density at radius 1 is 0.483 bits per heavy atom. The minimum absolute atomic E-state index is 0.0682. The number of para-hydroxylation sites is 4. The molecule has 0 spiro atoms. The quantitative estimate of drug-likeness (QED) is 0.0365. The van der Waals surface area contributed by atoms with Gasteiger partial charge in [-0.2, -0.15) is 9.13 Å². The number of carboxylic acids is 1. The molecule has 472 valence electrons. The van der Waals surface area contributed by atoms with Crippen LogP contribution in [0, 0.1) is 13.8 Å². The molecule has 0 aromatic heterocycles. The van der Waals surface area contributed by atoms with E-state index < -0.39 is 61.5 Å². The molecule has 0 aliphatic heterocycles. The molecule has 0 bridgehead atoms. The van der Waals surface area contributed by atoms with Gasteiger partial charge in [0.15, 0.2) is 22.7 Å². The highest BCUT2D eigenvalue weighted by molar-refractivity contribution is 7.50. The summed E-state index contributed by atoms with van der Waals surface area (Å²) in [6.45, 7) is 28.1. The van der Waals surface area contributed by atoms with Crippen molar-refractivity contribution in [2.45, 2.75) is 111 Å². The summed E-state index contributed by atoms with van der Waals surface area (Å²) >= 11 is 0. The summed E-state index contributed by atoms with van der Waals surface area (Å²) in [6.07, 6.45) is -0.155. The van der Waals surface area contributed by atoms with Gasteiger partial charge in [0.1, 0.15) is 40.2 Å². The Hall–Kier alpha value is -7.49. The number of rotatable bonds is 27. The molecule has 0 aliphatic rings. The van der Waals surface area contributed by atoms with Crippen molar-refractivity contribution in [2.75, 3.05) is 5.32 Å². The summed E-state index contributed by atoms with van der Waals surface area (Å²) in [7, 11) is -16.4. The van der Waals surface area contributed by atoms with E-state index in [1.54, 1.807) is 140 Å². The molecule has 0 fully saturated rings. The summed E-state index contributed by atoms with van der Waals surface area (Å²) in [5, 5.41) is 11.7. The van der Waals surface area contributed by atoms with Crippen LogP contribution >= 0.6 is 15.6 Å². The van der Waals surface area contributed by atoms with Gasteiger partial charge >= 0.3 is 38.7 Å². The third-order valence-corrected chi connectivity index (χ3v) is 28.5. The van der Waals surface area contributed by atoms with Crippen LogP contribution in [0.5, 0.6) is 40.2 Å². The van der Waals surface area contributed by atoms with E-state index >= 15 is 0 Å². The number of aryl methyl sites for hydroxylation is 2. The first-order valence-corrected chi connectivity index (χ1v) is 44.3. The number of benzene rings is 8. The van der Waals surface area contributed by atoms with Crippen LogP contribution in [0.4, 0.5) is 5.69 Å². The molecule has 2 N–H and O–H groups in total. The molecular weight excluding hydrogens is 1230 g/mol. The smallest absolute Gasteiger partial charge is 0.480 e. The monoisotopic (exact) mass is 1320 g/mol. The molecule has 8 aromatic rings. The van der Waals surface area contributed by atoms with Crippen molar-refractivity contribution in [3.63, 3.8) is 0 Å². The van der Waals surface area contributed by atoms with Crippen LogP contribution in [0.15, 0.2) is 218 Å². The van der Waals surface area contributed by atoms with Crippen LogP contribution < -0.4 is 37.2 Å². The SMILES string of the molecule is CC(C[Si](C)(O[Si](C)(C)C)O[Si](C)(C)O[Si](C)(C)C)c1ccccc1.CCC(Oc1ccc(C)cc1C)C(=O)Nc1cccc(C(=O)O)c1.O=P(Oc1ccccc1)(Oc1ccccc1)Oc1cccc(OP(=O)(Oc2ccccc2)Oc2ccccc2)c1. The normalized spacial score (nSPS) is 13.0. The van der Waals surface area contributed by atoms with Crippen LogP contribution in [0.2, 0.25) is 65.0 Å². The number of carboxylic acid groups (broad SMARTS) is 1. The van der Waals surface area contributed by atoms with E-state index in [1.807, 2.05) is 39.0 Å². The zero-order chi connectivity index (χ0) is 64.9. The second-order valence-corrected chi connectivity index (χ2v) is 42.7. The minimum atomic E-state index is -4.25. The number of hydrogen-bond donors (Lipinski definition) is 2. The van der Waals surface area contributed by atoms with E-state index in [0.717, 1.165) is 17.2 Å². The van der Waals surface area contributed by atoms with Gasteiger partial charge in [-0.1, -0.05) is 147 Å². The van der Waals surface area contributed by atoms with Gasteiger partial charge in [0.25, 0.3) is 5.91 Å². The first kappa shape index (κ1) is 70.6. The molecule has 8 aromatic carbocycles. The maximum absolute atomic E-state index is 13.8. The second kappa shape index (κ2) is 32.3. The topological polar surface area (TPSA) is 193 Å². The average molecular weight is 1320 g/mol. The average Bonchev–Trinajstić information content (AvgIpc) is 3.59. The van der Waals surface area contributed by atoms with Crippen molar-refractivity contribution in [2.24, 2.45) is 0 Å². The molecule has 89 heavy (non-hydrogen) atoms.